The number of hydrogen-bond donors (Lipinski definition) is 0. The van der Waals surface area contributed by atoms with Gasteiger partial charge < -0.3 is 4.74 Å². The van der Waals surface area contributed by atoms with Crippen LogP contribution in [0.4, 0.5) is 8.78 Å². The first kappa shape index (κ1) is 20.7. The molecule has 5 heteroatoms. The lowest BCUT2D eigenvalue weighted by molar-refractivity contribution is -0.146. The number of ether oxygens (including phenoxy) is 1. The molecule has 2 nitrogen and oxygen atoms in total. The number of carbonyl (C=O) groups is 1. The van der Waals surface area contributed by atoms with E-state index in [1.165, 1.54) is 0 Å². The first-order chi connectivity index (χ1) is 9.76. The van der Waals surface area contributed by atoms with Crippen LogP contribution in [0, 0.1) is 0 Å². The third kappa shape index (κ3) is 13.1. The van der Waals surface area contributed by atoms with Gasteiger partial charge in [0.1, 0.15) is 5.25 Å². The maximum atomic E-state index is 12.7. The molecule has 0 aliphatic carbocycles. The molecule has 21 heavy (non-hydrogen) atoms. The van der Waals surface area contributed by atoms with Crippen LogP contribution in [0.15, 0.2) is 0 Å². The predicted molar refractivity (Wildman–Crippen MR) is 86.1 cm³/mol. The van der Waals surface area contributed by atoms with Gasteiger partial charge in [0.2, 0.25) is 5.92 Å². The summed E-state index contributed by atoms with van der Waals surface area (Å²) in [7, 11) is 0. The van der Waals surface area contributed by atoms with Gasteiger partial charge >= 0.3 is 5.97 Å². The van der Waals surface area contributed by atoms with Gasteiger partial charge in [0.05, 0.1) is 6.10 Å². The fourth-order valence-electron chi connectivity index (χ4n) is 1.92. The molecule has 0 rings (SSSR count). The normalized spacial score (nSPS) is 13.5. The second-order valence-corrected chi connectivity index (χ2v) is 7.18. The van der Waals surface area contributed by atoms with Gasteiger partial charge in [-0.05, 0) is 45.8 Å². The fourth-order valence-corrected chi connectivity index (χ4v) is 3.10. The monoisotopic (exact) mass is 324 g/mol. The van der Waals surface area contributed by atoms with Crippen LogP contribution in [-0.4, -0.2) is 29.0 Å². The van der Waals surface area contributed by atoms with E-state index >= 15 is 0 Å². The highest BCUT2D eigenvalue weighted by atomic mass is 32.2. The molecule has 0 bridgehead atoms. The van der Waals surface area contributed by atoms with Crippen LogP contribution >= 0.6 is 11.8 Å². The fraction of sp³-hybridized carbons (Fsp3) is 0.938. The number of unbranched alkanes of at least 4 members (excludes halogenated alkanes) is 3. The summed E-state index contributed by atoms with van der Waals surface area (Å²) in [4.78, 5) is 12.0. The first-order valence-electron chi connectivity index (χ1n) is 7.96. The number of esters is 1. The van der Waals surface area contributed by atoms with Crippen molar-refractivity contribution in [2.75, 3.05) is 5.75 Å². The molecule has 0 N–H and O–H groups in total. The van der Waals surface area contributed by atoms with Crippen molar-refractivity contribution in [3.05, 3.63) is 0 Å². The molecule has 0 spiro atoms. The van der Waals surface area contributed by atoms with Crippen molar-refractivity contribution in [3.8, 4) is 0 Å². The molecule has 0 aromatic rings. The highest BCUT2D eigenvalue weighted by molar-refractivity contribution is 8.00. The van der Waals surface area contributed by atoms with Crippen molar-refractivity contribution in [1.29, 1.82) is 0 Å². The van der Waals surface area contributed by atoms with Crippen LogP contribution in [-0.2, 0) is 9.53 Å². The number of rotatable bonds is 12. The van der Waals surface area contributed by atoms with E-state index in [-0.39, 0.29) is 23.7 Å². The summed E-state index contributed by atoms with van der Waals surface area (Å²) in [5.74, 6) is -2.01. The molecule has 0 fully saturated rings. The molecule has 1 unspecified atom stereocenters. The minimum atomic E-state index is -2.58. The highest BCUT2D eigenvalue weighted by Gasteiger charge is 2.22. The molecule has 0 amide bonds. The van der Waals surface area contributed by atoms with Crippen LogP contribution in [0.2, 0.25) is 0 Å². The zero-order valence-electron chi connectivity index (χ0n) is 13.8. The summed E-state index contributed by atoms with van der Waals surface area (Å²) < 4.78 is 30.7. The van der Waals surface area contributed by atoms with E-state index in [0.29, 0.717) is 12.8 Å². The van der Waals surface area contributed by atoms with Crippen molar-refractivity contribution in [1.82, 2.24) is 0 Å². The molecular formula is C16H30F2O2S. The Kier molecular flexibility index (Phi) is 11.1. The predicted octanol–water partition coefficient (Wildman–Crippen LogP) is 5.45. The summed E-state index contributed by atoms with van der Waals surface area (Å²) in [6, 6.07) is 0. The largest absolute Gasteiger partial charge is 0.462 e. The smallest absolute Gasteiger partial charge is 0.319 e. The summed E-state index contributed by atoms with van der Waals surface area (Å²) in [5, 5.41) is -0.152. The van der Waals surface area contributed by atoms with Crippen molar-refractivity contribution < 1.29 is 18.3 Å². The Bertz CT molecular complexity index is 278. The third-order valence-corrected chi connectivity index (χ3v) is 4.37. The summed E-state index contributed by atoms with van der Waals surface area (Å²) >= 11 is 1.55. The second kappa shape index (κ2) is 11.3. The summed E-state index contributed by atoms with van der Waals surface area (Å²) in [5.41, 5.74) is 0. The van der Waals surface area contributed by atoms with Crippen molar-refractivity contribution >= 4 is 17.7 Å². The molecule has 0 radical (unpaired) electrons. The van der Waals surface area contributed by atoms with Gasteiger partial charge in [-0.2, -0.15) is 0 Å². The van der Waals surface area contributed by atoms with Crippen molar-refractivity contribution in [2.24, 2.45) is 0 Å². The SMILES string of the molecule is CCCCCC(SCCCCC(C)(F)F)C(=O)OC(C)C. The van der Waals surface area contributed by atoms with Gasteiger partial charge in [0.25, 0.3) is 0 Å². The Hall–Kier alpha value is -0.320. The van der Waals surface area contributed by atoms with Crippen LogP contribution in [0.3, 0.4) is 0 Å². The highest BCUT2D eigenvalue weighted by Crippen LogP contribution is 2.24. The van der Waals surface area contributed by atoms with E-state index < -0.39 is 5.92 Å². The number of alkyl halides is 2. The number of halogens is 2. The van der Waals surface area contributed by atoms with E-state index in [1.807, 2.05) is 13.8 Å². The topological polar surface area (TPSA) is 26.3 Å². The van der Waals surface area contributed by atoms with Crippen molar-refractivity contribution in [3.63, 3.8) is 0 Å². The average molecular weight is 324 g/mol. The van der Waals surface area contributed by atoms with E-state index in [1.54, 1.807) is 11.8 Å². The maximum absolute atomic E-state index is 12.7. The lowest BCUT2D eigenvalue weighted by atomic mass is 10.1. The van der Waals surface area contributed by atoms with Crippen molar-refractivity contribution in [2.45, 2.75) is 89.9 Å². The van der Waals surface area contributed by atoms with E-state index in [4.69, 9.17) is 4.74 Å². The maximum Gasteiger partial charge on any atom is 0.319 e. The number of hydrogen-bond acceptors (Lipinski definition) is 3. The standard InChI is InChI=1S/C16H30F2O2S/c1-5-6-7-10-14(15(19)20-13(2)3)21-12-9-8-11-16(4,17)18/h13-14H,5-12H2,1-4H3. The number of thioether (sulfide) groups is 1. The van der Waals surface area contributed by atoms with Gasteiger partial charge in [-0.3, -0.25) is 4.79 Å². The molecule has 1 atom stereocenters. The molecule has 0 saturated heterocycles. The zero-order valence-corrected chi connectivity index (χ0v) is 14.6. The van der Waals surface area contributed by atoms with Gasteiger partial charge in [-0.1, -0.05) is 26.2 Å². The third-order valence-electron chi connectivity index (χ3n) is 3.01. The number of carbonyl (C=O) groups excluding carboxylic acids is 1. The van der Waals surface area contributed by atoms with E-state index in [0.717, 1.165) is 38.4 Å². The molecule has 126 valence electrons. The lowest BCUT2D eigenvalue weighted by Crippen LogP contribution is -2.24. The molecule has 0 heterocycles. The Labute approximate surface area is 132 Å². The first-order valence-corrected chi connectivity index (χ1v) is 9.01. The Morgan fingerprint density at radius 2 is 1.86 bits per heavy atom. The molecule has 0 aliphatic rings. The zero-order chi connectivity index (χ0) is 16.3. The molecule has 0 aliphatic heterocycles. The van der Waals surface area contributed by atoms with Crippen LogP contribution in [0.5, 0.6) is 0 Å². The molecule has 0 saturated carbocycles. The molecule has 0 aromatic heterocycles. The van der Waals surface area contributed by atoms with Crippen LogP contribution < -0.4 is 0 Å². The Balaban J connectivity index is 4.06. The average Bonchev–Trinajstić information content (AvgIpc) is 2.34. The molecule has 0 aromatic carbocycles. The minimum absolute atomic E-state index is 0.0789. The van der Waals surface area contributed by atoms with Gasteiger partial charge in [-0.15, -0.1) is 11.8 Å². The summed E-state index contributed by atoms with van der Waals surface area (Å²) in [6.45, 7) is 6.76. The quantitative estimate of drug-likeness (QED) is 0.353. The van der Waals surface area contributed by atoms with Crippen LogP contribution in [0.25, 0.3) is 0 Å². The van der Waals surface area contributed by atoms with E-state index in [2.05, 4.69) is 6.92 Å². The van der Waals surface area contributed by atoms with Gasteiger partial charge in [0.15, 0.2) is 0 Å². The molecular weight excluding hydrogens is 294 g/mol. The second-order valence-electron chi connectivity index (χ2n) is 5.87. The van der Waals surface area contributed by atoms with E-state index in [9.17, 15) is 13.6 Å². The minimum Gasteiger partial charge on any atom is -0.462 e. The van der Waals surface area contributed by atoms with Crippen LogP contribution in [0.1, 0.15) is 72.6 Å². The van der Waals surface area contributed by atoms with Gasteiger partial charge in [0, 0.05) is 6.42 Å². The Morgan fingerprint density at radius 3 is 2.38 bits per heavy atom. The lowest BCUT2D eigenvalue weighted by Gasteiger charge is -2.17. The Morgan fingerprint density at radius 1 is 1.19 bits per heavy atom. The summed E-state index contributed by atoms with van der Waals surface area (Å²) in [6.07, 6.45) is 5.07. The van der Waals surface area contributed by atoms with Gasteiger partial charge in [-0.25, -0.2) is 8.78 Å².